The van der Waals surface area contributed by atoms with Crippen molar-refractivity contribution in [1.82, 2.24) is 10.3 Å². The quantitative estimate of drug-likeness (QED) is 0.299. The maximum absolute atomic E-state index is 12.5. The lowest BCUT2D eigenvalue weighted by Crippen LogP contribution is -2.42. The number of rotatable bonds is 12. The van der Waals surface area contributed by atoms with Gasteiger partial charge in [-0.05, 0) is 54.8 Å². The van der Waals surface area contributed by atoms with Crippen LogP contribution in [0.3, 0.4) is 0 Å². The fourth-order valence-electron chi connectivity index (χ4n) is 3.20. The monoisotopic (exact) mass is 501 g/mol. The van der Waals surface area contributed by atoms with Crippen LogP contribution in [-0.4, -0.2) is 41.2 Å². The van der Waals surface area contributed by atoms with Gasteiger partial charge in [0.15, 0.2) is 0 Å². The predicted molar refractivity (Wildman–Crippen MR) is 133 cm³/mol. The first kappa shape index (κ1) is 25.3. The SMILES string of the molecule is O=C(N[C@@H](Cc1ccc(OCCCCNc2ccccn2)cc1)C(=O)O)c1c(Cl)cccc1Cl. The number of nitrogens with one attached hydrogen (secondary N) is 2. The molecule has 2 aromatic carbocycles. The zero-order chi connectivity index (χ0) is 24.3. The average molecular weight is 502 g/mol. The van der Waals surface area contributed by atoms with Gasteiger partial charge < -0.3 is 20.5 Å². The van der Waals surface area contributed by atoms with Crippen molar-refractivity contribution in [1.29, 1.82) is 0 Å². The predicted octanol–water partition coefficient (Wildman–Crippen LogP) is 5.09. The van der Waals surface area contributed by atoms with Gasteiger partial charge in [0.25, 0.3) is 5.91 Å². The van der Waals surface area contributed by atoms with Crippen molar-refractivity contribution in [3.05, 3.63) is 88.0 Å². The molecule has 0 radical (unpaired) electrons. The molecule has 0 unspecified atom stereocenters. The summed E-state index contributed by atoms with van der Waals surface area (Å²) in [4.78, 5) is 28.5. The summed E-state index contributed by atoms with van der Waals surface area (Å²) >= 11 is 12.1. The summed E-state index contributed by atoms with van der Waals surface area (Å²) in [5.74, 6) is -0.248. The molecule has 1 amide bonds. The standard InChI is InChI=1S/C25H25Cl2N3O4/c26-19-6-5-7-20(27)23(19)24(31)30-21(25(32)33)16-17-9-11-18(12-10-17)34-15-4-3-14-29-22-8-1-2-13-28-22/h1-2,5-13,21H,3-4,14-16H2,(H,28,29)(H,30,31)(H,32,33)/t21-/m0/s1. The molecule has 0 saturated heterocycles. The number of carbonyl (C=O) groups excluding carboxylic acids is 1. The van der Waals surface area contributed by atoms with Crippen LogP contribution in [0.25, 0.3) is 0 Å². The number of hydrogen-bond acceptors (Lipinski definition) is 5. The van der Waals surface area contributed by atoms with Crippen LogP contribution in [0, 0.1) is 0 Å². The van der Waals surface area contributed by atoms with Crippen LogP contribution in [0.4, 0.5) is 5.82 Å². The fraction of sp³-hybridized carbons (Fsp3) is 0.240. The Labute approximate surface area is 208 Å². The Morgan fingerprint density at radius 1 is 0.971 bits per heavy atom. The van der Waals surface area contributed by atoms with Crippen molar-refractivity contribution in [2.24, 2.45) is 0 Å². The number of aromatic nitrogens is 1. The summed E-state index contributed by atoms with van der Waals surface area (Å²) in [6.07, 6.45) is 3.65. The number of carbonyl (C=O) groups is 2. The first-order chi connectivity index (χ1) is 16.4. The van der Waals surface area contributed by atoms with E-state index in [1.165, 1.54) is 12.1 Å². The second-order valence-electron chi connectivity index (χ2n) is 7.51. The molecule has 1 aromatic heterocycles. The third-order valence-electron chi connectivity index (χ3n) is 4.97. The van der Waals surface area contributed by atoms with Crippen LogP contribution in [0.5, 0.6) is 5.75 Å². The van der Waals surface area contributed by atoms with E-state index in [4.69, 9.17) is 27.9 Å². The Bertz CT molecular complexity index is 1070. The molecule has 9 heteroatoms. The van der Waals surface area contributed by atoms with Crippen LogP contribution in [-0.2, 0) is 11.2 Å². The summed E-state index contributed by atoms with van der Waals surface area (Å²) in [5.41, 5.74) is 0.793. The number of nitrogens with zero attached hydrogens (tertiary/aromatic N) is 1. The van der Waals surface area contributed by atoms with Crippen molar-refractivity contribution in [3.8, 4) is 5.75 Å². The van der Waals surface area contributed by atoms with Gasteiger partial charge in [-0.25, -0.2) is 9.78 Å². The van der Waals surface area contributed by atoms with Gasteiger partial charge in [-0.15, -0.1) is 0 Å². The van der Waals surface area contributed by atoms with E-state index in [1.54, 1.807) is 36.5 Å². The Hall–Kier alpha value is -3.29. The van der Waals surface area contributed by atoms with E-state index in [1.807, 2.05) is 18.2 Å². The fourth-order valence-corrected chi connectivity index (χ4v) is 3.77. The molecule has 1 atom stereocenters. The molecule has 0 aliphatic heterocycles. The second kappa shape index (κ2) is 12.8. The van der Waals surface area contributed by atoms with Gasteiger partial charge in [-0.3, -0.25) is 4.79 Å². The number of aliphatic carboxylic acids is 1. The van der Waals surface area contributed by atoms with Crippen molar-refractivity contribution < 1.29 is 19.4 Å². The zero-order valence-corrected chi connectivity index (χ0v) is 19.9. The molecular weight excluding hydrogens is 477 g/mol. The molecule has 34 heavy (non-hydrogen) atoms. The molecule has 3 N–H and O–H groups in total. The van der Waals surface area contributed by atoms with Gasteiger partial charge >= 0.3 is 5.97 Å². The summed E-state index contributed by atoms with van der Waals surface area (Å²) in [7, 11) is 0. The molecule has 3 rings (SSSR count). The van der Waals surface area contributed by atoms with Crippen molar-refractivity contribution >= 4 is 40.9 Å². The summed E-state index contributed by atoms with van der Waals surface area (Å²) in [6, 6.07) is 16.4. The molecule has 0 fully saturated rings. The van der Waals surface area contributed by atoms with Gasteiger partial charge in [-0.1, -0.05) is 47.5 Å². The van der Waals surface area contributed by atoms with Crippen molar-refractivity contribution in [2.45, 2.75) is 25.3 Å². The minimum absolute atomic E-state index is 0.0519. The number of carboxylic acids is 1. The van der Waals surface area contributed by atoms with E-state index in [0.717, 1.165) is 30.8 Å². The highest BCUT2D eigenvalue weighted by Crippen LogP contribution is 2.24. The average Bonchev–Trinajstić information content (AvgIpc) is 2.82. The summed E-state index contributed by atoms with van der Waals surface area (Å²) in [6.45, 7) is 1.37. The Morgan fingerprint density at radius 2 is 1.71 bits per heavy atom. The second-order valence-corrected chi connectivity index (χ2v) is 8.32. The molecule has 0 spiro atoms. The van der Waals surface area contributed by atoms with Crippen LogP contribution in [0.2, 0.25) is 10.0 Å². The molecule has 0 bridgehead atoms. The Kier molecular flexibility index (Phi) is 9.55. The number of unbranched alkanes of at least 4 members (excludes halogenated alkanes) is 1. The van der Waals surface area contributed by atoms with Gasteiger partial charge in [0.1, 0.15) is 17.6 Å². The van der Waals surface area contributed by atoms with Crippen LogP contribution < -0.4 is 15.4 Å². The van der Waals surface area contributed by atoms with Gasteiger partial charge in [0, 0.05) is 19.2 Å². The minimum atomic E-state index is -1.16. The molecule has 0 saturated carbocycles. The Morgan fingerprint density at radius 3 is 2.35 bits per heavy atom. The number of carboxylic acid groups (broad SMARTS) is 1. The first-order valence-electron chi connectivity index (χ1n) is 10.8. The first-order valence-corrected chi connectivity index (χ1v) is 11.5. The molecular formula is C25H25Cl2N3O4. The maximum atomic E-state index is 12.5. The van der Waals surface area contributed by atoms with Crippen molar-refractivity contribution in [2.75, 3.05) is 18.5 Å². The van der Waals surface area contributed by atoms with Crippen LogP contribution >= 0.6 is 23.2 Å². The highest BCUT2D eigenvalue weighted by Gasteiger charge is 2.23. The van der Waals surface area contributed by atoms with Crippen molar-refractivity contribution in [3.63, 3.8) is 0 Å². The molecule has 178 valence electrons. The van der Waals surface area contributed by atoms with E-state index < -0.39 is 17.9 Å². The molecule has 0 aliphatic carbocycles. The van der Waals surface area contributed by atoms with E-state index >= 15 is 0 Å². The number of pyridine rings is 1. The normalized spacial score (nSPS) is 11.5. The largest absolute Gasteiger partial charge is 0.494 e. The molecule has 0 aliphatic rings. The third-order valence-corrected chi connectivity index (χ3v) is 5.60. The van der Waals surface area contributed by atoms with E-state index in [-0.39, 0.29) is 22.0 Å². The number of halogens is 2. The highest BCUT2D eigenvalue weighted by molar-refractivity contribution is 6.39. The van der Waals surface area contributed by atoms with Gasteiger partial charge in [0.05, 0.1) is 22.2 Å². The van der Waals surface area contributed by atoms with E-state index in [0.29, 0.717) is 12.4 Å². The number of amides is 1. The lowest BCUT2D eigenvalue weighted by molar-refractivity contribution is -0.139. The lowest BCUT2D eigenvalue weighted by atomic mass is 10.1. The van der Waals surface area contributed by atoms with Crippen LogP contribution in [0.1, 0.15) is 28.8 Å². The molecule has 7 nitrogen and oxygen atoms in total. The van der Waals surface area contributed by atoms with E-state index in [2.05, 4.69) is 15.6 Å². The highest BCUT2D eigenvalue weighted by atomic mass is 35.5. The smallest absolute Gasteiger partial charge is 0.326 e. The minimum Gasteiger partial charge on any atom is -0.494 e. The number of benzene rings is 2. The zero-order valence-electron chi connectivity index (χ0n) is 18.3. The molecule has 3 aromatic rings. The molecule has 1 heterocycles. The Balaban J connectivity index is 1.45. The lowest BCUT2D eigenvalue weighted by Gasteiger charge is -2.16. The third kappa shape index (κ3) is 7.64. The number of hydrogen-bond donors (Lipinski definition) is 3. The maximum Gasteiger partial charge on any atom is 0.326 e. The van der Waals surface area contributed by atoms with Crippen LogP contribution in [0.15, 0.2) is 66.9 Å². The topological polar surface area (TPSA) is 101 Å². The summed E-state index contributed by atoms with van der Waals surface area (Å²) in [5, 5.41) is 15.6. The number of ether oxygens (including phenoxy) is 1. The van der Waals surface area contributed by atoms with E-state index in [9.17, 15) is 14.7 Å². The van der Waals surface area contributed by atoms with Gasteiger partial charge in [-0.2, -0.15) is 0 Å². The van der Waals surface area contributed by atoms with Gasteiger partial charge in [0.2, 0.25) is 0 Å². The number of anilines is 1. The summed E-state index contributed by atoms with van der Waals surface area (Å²) < 4.78 is 5.76.